The summed E-state index contributed by atoms with van der Waals surface area (Å²) in [6.45, 7) is 4.51. The van der Waals surface area contributed by atoms with Crippen molar-refractivity contribution in [3.05, 3.63) is 24.3 Å². The van der Waals surface area contributed by atoms with Crippen LogP contribution in [0, 0.1) is 0 Å². The van der Waals surface area contributed by atoms with Crippen LogP contribution in [-0.2, 0) is 0 Å². The van der Waals surface area contributed by atoms with Crippen LogP contribution in [0.3, 0.4) is 0 Å². The van der Waals surface area contributed by atoms with Gasteiger partial charge in [-0.05, 0) is 32.1 Å². The first kappa shape index (κ1) is 14.5. The molecule has 0 bridgehead atoms. The molecule has 0 aromatic carbocycles. The summed E-state index contributed by atoms with van der Waals surface area (Å²) in [6, 6.07) is 0. The zero-order valence-electron chi connectivity index (χ0n) is 10.7. The van der Waals surface area contributed by atoms with Gasteiger partial charge in [0, 0.05) is 0 Å². The van der Waals surface area contributed by atoms with E-state index in [-0.39, 0.29) is 0 Å². The molecule has 0 aliphatic carbocycles. The standard InChI is InChI=1S/C15H28/c1-3-5-7-9-11-13-15-14-12-10-8-6-4-2/h11-14H,3-10,15H2,1-2H3/b13-11-,14-12+. The molecule has 0 saturated carbocycles. The van der Waals surface area contributed by atoms with E-state index in [4.69, 9.17) is 0 Å². The van der Waals surface area contributed by atoms with Gasteiger partial charge in [-0.15, -0.1) is 0 Å². The fourth-order valence-corrected chi connectivity index (χ4v) is 1.53. The largest absolute Gasteiger partial charge is 0.0882 e. The van der Waals surface area contributed by atoms with Gasteiger partial charge in [-0.3, -0.25) is 0 Å². The lowest BCUT2D eigenvalue weighted by Crippen LogP contribution is -1.71. The molecule has 0 atom stereocenters. The molecule has 0 heteroatoms. The van der Waals surface area contributed by atoms with Gasteiger partial charge < -0.3 is 0 Å². The van der Waals surface area contributed by atoms with Crippen LogP contribution in [0.4, 0.5) is 0 Å². The molecule has 15 heavy (non-hydrogen) atoms. The molecular weight excluding hydrogens is 180 g/mol. The normalized spacial score (nSPS) is 11.9. The maximum Gasteiger partial charge on any atom is -0.0169 e. The minimum absolute atomic E-state index is 1.12. The molecule has 0 aromatic heterocycles. The Bertz CT molecular complexity index is 135. The lowest BCUT2D eigenvalue weighted by Gasteiger charge is -1.92. The molecule has 0 aliphatic heterocycles. The Morgan fingerprint density at radius 2 is 1.07 bits per heavy atom. The fourth-order valence-electron chi connectivity index (χ4n) is 1.53. The molecule has 0 fully saturated rings. The van der Waals surface area contributed by atoms with Crippen molar-refractivity contribution in [2.24, 2.45) is 0 Å². The zero-order valence-corrected chi connectivity index (χ0v) is 10.7. The Morgan fingerprint density at radius 3 is 1.47 bits per heavy atom. The predicted molar refractivity (Wildman–Crippen MR) is 71.2 cm³/mol. The molecule has 0 N–H and O–H groups in total. The highest BCUT2D eigenvalue weighted by Crippen LogP contribution is 2.02. The summed E-state index contributed by atoms with van der Waals surface area (Å²) in [6.07, 6.45) is 21.0. The van der Waals surface area contributed by atoms with E-state index in [0.29, 0.717) is 0 Å². The van der Waals surface area contributed by atoms with Gasteiger partial charge in [0.2, 0.25) is 0 Å². The van der Waals surface area contributed by atoms with E-state index in [0.717, 1.165) is 6.42 Å². The third-order valence-corrected chi connectivity index (χ3v) is 2.55. The highest BCUT2D eigenvalue weighted by molar-refractivity contribution is 4.92. The van der Waals surface area contributed by atoms with Crippen LogP contribution in [0.5, 0.6) is 0 Å². The fraction of sp³-hybridized carbons (Fsp3) is 0.733. The van der Waals surface area contributed by atoms with Crippen LogP contribution in [0.25, 0.3) is 0 Å². The summed E-state index contributed by atoms with van der Waals surface area (Å²) in [4.78, 5) is 0. The first-order valence-electron chi connectivity index (χ1n) is 6.71. The van der Waals surface area contributed by atoms with Crippen molar-refractivity contribution in [3.8, 4) is 0 Å². The van der Waals surface area contributed by atoms with E-state index in [9.17, 15) is 0 Å². The second-order valence-electron chi connectivity index (χ2n) is 4.17. The summed E-state index contributed by atoms with van der Waals surface area (Å²) in [5, 5.41) is 0. The van der Waals surface area contributed by atoms with Crippen molar-refractivity contribution in [3.63, 3.8) is 0 Å². The third-order valence-electron chi connectivity index (χ3n) is 2.55. The van der Waals surface area contributed by atoms with Crippen LogP contribution in [0.1, 0.15) is 71.6 Å². The number of hydrogen-bond donors (Lipinski definition) is 0. The topological polar surface area (TPSA) is 0 Å². The van der Waals surface area contributed by atoms with Gasteiger partial charge in [0.05, 0.1) is 0 Å². The van der Waals surface area contributed by atoms with E-state index in [1.807, 2.05) is 0 Å². The molecule has 0 heterocycles. The van der Waals surface area contributed by atoms with Gasteiger partial charge in [0.25, 0.3) is 0 Å². The average molecular weight is 208 g/mol. The monoisotopic (exact) mass is 208 g/mol. The second kappa shape index (κ2) is 13.5. The second-order valence-corrected chi connectivity index (χ2v) is 4.17. The Labute approximate surface area is 96.5 Å². The molecule has 0 radical (unpaired) electrons. The zero-order chi connectivity index (χ0) is 11.2. The number of hydrogen-bond acceptors (Lipinski definition) is 0. The van der Waals surface area contributed by atoms with Crippen LogP contribution >= 0.6 is 0 Å². The minimum Gasteiger partial charge on any atom is -0.0882 e. The van der Waals surface area contributed by atoms with Crippen molar-refractivity contribution in [2.45, 2.75) is 71.6 Å². The van der Waals surface area contributed by atoms with Gasteiger partial charge in [0.15, 0.2) is 0 Å². The van der Waals surface area contributed by atoms with Crippen molar-refractivity contribution in [1.82, 2.24) is 0 Å². The Hall–Kier alpha value is -0.520. The number of unbranched alkanes of at least 4 members (excludes halogenated alkanes) is 6. The maximum absolute atomic E-state index is 2.33. The third kappa shape index (κ3) is 13.5. The van der Waals surface area contributed by atoms with Crippen LogP contribution in [0.2, 0.25) is 0 Å². The molecule has 0 aliphatic rings. The maximum atomic E-state index is 2.33. The van der Waals surface area contributed by atoms with Gasteiger partial charge in [0.1, 0.15) is 0 Å². The van der Waals surface area contributed by atoms with Crippen molar-refractivity contribution < 1.29 is 0 Å². The average Bonchev–Trinajstić information content (AvgIpc) is 2.26. The Balaban J connectivity index is 3.14. The summed E-state index contributed by atoms with van der Waals surface area (Å²) in [7, 11) is 0. The molecular formula is C15H28. The first-order valence-corrected chi connectivity index (χ1v) is 6.71. The molecule has 0 unspecified atom stereocenters. The Kier molecular flexibility index (Phi) is 13.0. The summed E-state index contributed by atoms with van der Waals surface area (Å²) in [5.41, 5.74) is 0. The van der Waals surface area contributed by atoms with Crippen molar-refractivity contribution >= 4 is 0 Å². The highest BCUT2D eigenvalue weighted by atomic mass is 13.9. The predicted octanol–water partition coefficient (Wildman–Crippen LogP) is 5.65. The lowest BCUT2D eigenvalue weighted by atomic mass is 10.2. The molecule has 0 saturated heterocycles. The smallest absolute Gasteiger partial charge is 0.0169 e. The first-order chi connectivity index (χ1) is 7.41. The molecule has 0 amide bonds. The van der Waals surface area contributed by atoms with Crippen molar-refractivity contribution in [1.29, 1.82) is 0 Å². The molecule has 0 nitrogen and oxygen atoms in total. The van der Waals surface area contributed by atoms with E-state index >= 15 is 0 Å². The summed E-state index contributed by atoms with van der Waals surface area (Å²) in [5.74, 6) is 0. The number of allylic oxidation sites excluding steroid dienone is 4. The summed E-state index contributed by atoms with van der Waals surface area (Å²) < 4.78 is 0. The quantitative estimate of drug-likeness (QED) is 0.321. The van der Waals surface area contributed by atoms with Gasteiger partial charge in [-0.1, -0.05) is 63.8 Å². The van der Waals surface area contributed by atoms with E-state index < -0.39 is 0 Å². The molecule has 0 aromatic rings. The minimum atomic E-state index is 1.12. The Morgan fingerprint density at radius 1 is 0.600 bits per heavy atom. The number of rotatable bonds is 10. The lowest BCUT2D eigenvalue weighted by molar-refractivity contribution is 0.727. The van der Waals surface area contributed by atoms with E-state index in [1.165, 1.54) is 51.4 Å². The van der Waals surface area contributed by atoms with Crippen LogP contribution < -0.4 is 0 Å². The SMILES string of the molecule is CCCCC/C=C\C/C=C/CCCCC. The van der Waals surface area contributed by atoms with E-state index in [2.05, 4.69) is 38.2 Å². The van der Waals surface area contributed by atoms with Gasteiger partial charge >= 0.3 is 0 Å². The van der Waals surface area contributed by atoms with Crippen LogP contribution in [0.15, 0.2) is 24.3 Å². The summed E-state index contributed by atoms with van der Waals surface area (Å²) >= 11 is 0. The molecule has 0 rings (SSSR count). The van der Waals surface area contributed by atoms with Crippen LogP contribution in [-0.4, -0.2) is 0 Å². The van der Waals surface area contributed by atoms with Gasteiger partial charge in [-0.25, -0.2) is 0 Å². The molecule has 88 valence electrons. The van der Waals surface area contributed by atoms with E-state index in [1.54, 1.807) is 0 Å². The van der Waals surface area contributed by atoms with Gasteiger partial charge in [-0.2, -0.15) is 0 Å². The highest BCUT2D eigenvalue weighted by Gasteiger charge is 1.82. The van der Waals surface area contributed by atoms with Crippen molar-refractivity contribution in [2.75, 3.05) is 0 Å². The molecule has 0 spiro atoms.